The van der Waals surface area contributed by atoms with E-state index in [9.17, 15) is 9.59 Å². The Hall–Kier alpha value is -2.97. The maximum absolute atomic E-state index is 13.1. The van der Waals surface area contributed by atoms with Gasteiger partial charge in [-0.1, -0.05) is 12.1 Å². The van der Waals surface area contributed by atoms with Gasteiger partial charge in [-0.25, -0.2) is 4.68 Å². The van der Waals surface area contributed by atoms with Crippen LogP contribution in [-0.4, -0.2) is 63.7 Å². The minimum absolute atomic E-state index is 0.00958. The molecule has 9 nitrogen and oxygen atoms in total. The summed E-state index contributed by atoms with van der Waals surface area (Å²) in [4.78, 5) is 26.5. The lowest BCUT2D eigenvalue weighted by atomic mass is 10.0. The lowest BCUT2D eigenvalue weighted by molar-refractivity contribution is -0.137. The van der Waals surface area contributed by atoms with Crippen LogP contribution in [0.25, 0.3) is 0 Å². The van der Waals surface area contributed by atoms with Crippen LogP contribution in [0.15, 0.2) is 24.3 Å². The first-order valence-corrected chi connectivity index (χ1v) is 8.73. The minimum atomic E-state index is -0.663. The van der Waals surface area contributed by atoms with Gasteiger partial charge < -0.3 is 15.0 Å². The van der Waals surface area contributed by atoms with Gasteiger partial charge in [-0.3, -0.25) is 9.59 Å². The van der Waals surface area contributed by atoms with Crippen LogP contribution in [-0.2, 0) is 16.0 Å². The van der Waals surface area contributed by atoms with E-state index in [-0.39, 0.29) is 24.4 Å². The smallest absolute Gasteiger partial charge is 0.248 e. The molecule has 1 atom stereocenters. The number of ether oxygens (including phenoxy) is 1. The third kappa shape index (κ3) is 5.50. The fourth-order valence-electron chi connectivity index (χ4n) is 2.74. The highest BCUT2D eigenvalue weighted by Gasteiger charge is 2.28. The van der Waals surface area contributed by atoms with Crippen molar-refractivity contribution in [1.82, 2.24) is 30.4 Å². The van der Waals surface area contributed by atoms with Gasteiger partial charge in [-0.2, -0.15) is 0 Å². The molecule has 27 heavy (non-hydrogen) atoms. The number of likely N-dealkylation sites (N-methyl/N-ethyl adjacent to an activating group) is 1. The second-order valence-corrected chi connectivity index (χ2v) is 6.66. The molecule has 0 aliphatic heterocycles. The Kier molecular flexibility index (Phi) is 6.86. The number of hydrogen-bond donors (Lipinski definition) is 1. The molecular weight excluding hydrogens is 348 g/mol. The van der Waals surface area contributed by atoms with Gasteiger partial charge in [-0.05, 0) is 48.9 Å². The third-order valence-electron chi connectivity index (χ3n) is 4.01. The second-order valence-electron chi connectivity index (χ2n) is 6.66. The second kappa shape index (κ2) is 9.11. The fourth-order valence-corrected chi connectivity index (χ4v) is 2.74. The zero-order chi connectivity index (χ0) is 20.0. The van der Waals surface area contributed by atoms with Crippen LogP contribution < -0.4 is 10.1 Å². The number of rotatable bonds is 8. The molecule has 1 heterocycles. The molecule has 0 bridgehead atoms. The monoisotopic (exact) mass is 374 g/mol. The van der Waals surface area contributed by atoms with E-state index in [1.807, 2.05) is 38.1 Å². The van der Waals surface area contributed by atoms with Crippen molar-refractivity contribution < 1.29 is 14.3 Å². The van der Waals surface area contributed by atoms with Crippen LogP contribution in [0.2, 0.25) is 0 Å². The van der Waals surface area contributed by atoms with E-state index in [2.05, 4.69) is 20.8 Å². The molecule has 0 spiro atoms. The number of carbonyl (C=O) groups excluding carboxylic acids is 2. The van der Waals surface area contributed by atoms with Gasteiger partial charge in [0, 0.05) is 19.5 Å². The molecule has 1 N–H and O–H groups in total. The molecule has 0 saturated heterocycles. The number of nitrogens with one attached hydrogen (secondary N) is 1. The summed E-state index contributed by atoms with van der Waals surface area (Å²) >= 11 is 0. The van der Waals surface area contributed by atoms with Crippen LogP contribution in [0.3, 0.4) is 0 Å². The van der Waals surface area contributed by atoms with Gasteiger partial charge in [0.05, 0.1) is 13.7 Å². The van der Waals surface area contributed by atoms with Crippen molar-refractivity contribution in [2.75, 3.05) is 20.7 Å². The molecule has 0 aliphatic carbocycles. The Morgan fingerprint density at radius 2 is 2.07 bits per heavy atom. The Labute approximate surface area is 158 Å². The van der Waals surface area contributed by atoms with Gasteiger partial charge in [0.1, 0.15) is 17.6 Å². The molecule has 2 rings (SSSR count). The zero-order valence-electron chi connectivity index (χ0n) is 16.3. The number of amides is 2. The molecule has 2 amide bonds. The largest absolute Gasteiger partial charge is 0.497 e. The van der Waals surface area contributed by atoms with Gasteiger partial charge in [-0.15, -0.1) is 5.10 Å². The molecule has 0 saturated carbocycles. The maximum atomic E-state index is 13.1. The molecule has 146 valence electrons. The summed E-state index contributed by atoms with van der Waals surface area (Å²) in [7, 11) is 3.19. The molecule has 1 aromatic carbocycles. The predicted octanol–water partition coefficient (Wildman–Crippen LogP) is 0.757. The van der Waals surface area contributed by atoms with E-state index in [0.717, 1.165) is 5.56 Å². The first kappa shape index (κ1) is 20.3. The molecule has 0 fully saturated rings. The lowest BCUT2D eigenvalue weighted by Gasteiger charge is -2.24. The number of tetrazole rings is 1. The highest BCUT2D eigenvalue weighted by Crippen LogP contribution is 2.20. The van der Waals surface area contributed by atoms with E-state index in [1.165, 1.54) is 9.58 Å². The first-order valence-electron chi connectivity index (χ1n) is 8.73. The first-order chi connectivity index (χ1) is 12.8. The van der Waals surface area contributed by atoms with Crippen LogP contribution in [0.1, 0.15) is 31.3 Å². The summed E-state index contributed by atoms with van der Waals surface area (Å²) in [5.41, 5.74) is 0.905. The predicted molar refractivity (Wildman–Crippen MR) is 99.2 cm³/mol. The van der Waals surface area contributed by atoms with Crippen molar-refractivity contribution >= 4 is 11.8 Å². The average molecular weight is 374 g/mol. The van der Waals surface area contributed by atoms with Crippen molar-refractivity contribution in [2.24, 2.45) is 0 Å². The summed E-state index contributed by atoms with van der Waals surface area (Å²) < 4.78 is 6.74. The molecule has 0 radical (unpaired) electrons. The number of aromatic nitrogens is 4. The van der Waals surface area contributed by atoms with Crippen molar-refractivity contribution in [3.8, 4) is 5.75 Å². The number of methoxy groups -OCH3 is 1. The van der Waals surface area contributed by atoms with Crippen LogP contribution >= 0.6 is 0 Å². The minimum Gasteiger partial charge on any atom is -0.497 e. The molecule has 9 heteroatoms. The number of carbonyl (C=O) groups is 2. The van der Waals surface area contributed by atoms with E-state index >= 15 is 0 Å². The Morgan fingerprint density at radius 3 is 2.67 bits per heavy atom. The van der Waals surface area contributed by atoms with Gasteiger partial charge in [0.2, 0.25) is 11.8 Å². The summed E-state index contributed by atoms with van der Waals surface area (Å²) in [6, 6.07) is 6.83. The van der Waals surface area contributed by atoms with E-state index < -0.39 is 6.04 Å². The van der Waals surface area contributed by atoms with Crippen LogP contribution in [0, 0.1) is 6.92 Å². The maximum Gasteiger partial charge on any atom is 0.248 e. The Morgan fingerprint density at radius 1 is 1.33 bits per heavy atom. The number of nitrogens with zero attached hydrogens (tertiary/aromatic N) is 5. The quantitative estimate of drug-likeness (QED) is 0.732. The normalized spacial score (nSPS) is 11.9. The SMILES string of the molecule is COc1cccc(C[C@H](C(=O)N(C)CC(=O)NC(C)C)n2nnnc2C)c1. The van der Waals surface area contributed by atoms with Gasteiger partial charge in [0.15, 0.2) is 0 Å². The molecule has 1 aromatic heterocycles. The zero-order valence-corrected chi connectivity index (χ0v) is 16.3. The summed E-state index contributed by atoms with van der Waals surface area (Å²) in [5, 5.41) is 14.3. The number of benzene rings is 1. The third-order valence-corrected chi connectivity index (χ3v) is 4.01. The molecular formula is C18H26N6O3. The van der Waals surface area contributed by atoms with Gasteiger partial charge in [0.25, 0.3) is 0 Å². The highest BCUT2D eigenvalue weighted by atomic mass is 16.5. The molecule has 2 aromatic rings. The average Bonchev–Trinajstić information content (AvgIpc) is 3.04. The Balaban J connectivity index is 2.23. The molecule has 0 aliphatic rings. The van der Waals surface area contributed by atoms with E-state index in [4.69, 9.17) is 4.74 Å². The summed E-state index contributed by atoms with van der Waals surface area (Å²) in [6.07, 6.45) is 0.373. The van der Waals surface area contributed by atoms with E-state index in [1.54, 1.807) is 21.1 Å². The van der Waals surface area contributed by atoms with Crippen LogP contribution in [0.5, 0.6) is 5.75 Å². The summed E-state index contributed by atoms with van der Waals surface area (Å²) in [5.74, 6) is 0.773. The standard InChI is InChI=1S/C18H26N6O3/c1-12(2)19-17(25)11-23(4)18(26)16(24-13(3)20-21-22-24)10-14-7-6-8-15(9-14)27-5/h6-9,12,16H,10-11H2,1-5H3,(H,19,25)/t16-/m1/s1. The van der Waals surface area contributed by atoms with E-state index in [0.29, 0.717) is 18.0 Å². The highest BCUT2D eigenvalue weighted by molar-refractivity contribution is 5.86. The lowest BCUT2D eigenvalue weighted by Crippen LogP contribution is -2.44. The van der Waals surface area contributed by atoms with Crippen molar-refractivity contribution in [3.05, 3.63) is 35.7 Å². The fraction of sp³-hybridized carbons (Fsp3) is 0.500. The summed E-state index contributed by atoms with van der Waals surface area (Å²) in [6.45, 7) is 5.44. The van der Waals surface area contributed by atoms with Crippen molar-refractivity contribution in [2.45, 2.75) is 39.3 Å². The van der Waals surface area contributed by atoms with Crippen LogP contribution in [0.4, 0.5) is 0 Å². The topological polar surface area (TPSA) is 102 Å². The molecule has 0 unspecified atom stereocenters. The van der Waals surface area contributed by atoms with Crippen molar-refractivity contribution in [3.63, 3.8) is 0 Å². The number of hydrogen-bond acceptors (Lipinski definition) is 6. The van der Waals surface area contributed by atoms with Gasteiger partial charge >= 0.3 is 0 Å². The Bertz CT molecular complexity index is 789. The van der Waals surface area contributed by atoms with Crippen molar-refractivity contribution in [1.29, 1.82) is 0 Å². The number of aryl methyl sites for hydroxylation is 1.